The Morgan fingerprint density at radius 1 is 1.03 bits per heavy atom. The number of amides is 2. The van der Waals surface area contributed by atoms with E-state index in [0.717, 1.165) is 32.1 Å². The van der Waals surface area contributed by atoms with Crippen molar-refractivity contribution in [3.8, 4) is 0 Å². The maximum Gasteiger partial charge on any atom is 0.330 e. The molecule has 0 aliphatic rings. The third-order valence-electron chi connectivity index (χ3n) is 5.76. The monoisotopic (exact) mass is 495 g/mol. The number of esters is 1. The lowest BCUT2D eigenvalue weighted by atomic mass is 10.2. The quantitative estimate of drug-likeness (QED) is 0.234. The van der Waals surface area contributed by atoms with Crippen molar-refractivity contribution in [3.05, 3.63) is 20.8 Å². The summed E-state index contributed by atoms with van der Waals surface area (Å²) in [6.45, 7) is 7.99. The standard InChI is InChI=1S/C24H41N5O6/c1-5-9-11-15-28(21-22(25)29(14-10-6-2)24(34)27-23(21)33)19(31)12-13-20(32)35-16-18(30)26-17(7-3)8-4/h17H,5-16,25H2,1-4H3,(H,26,30)(H,27,33,34). The number of nitrogens with zero attached hydrogens (tertiary/aromatic N) is 2. The number of ether oxygens (including phenoxy) is 1. The lowest BCUT2D eigenvalue weighted by Crippen LogP contribution is -2.42. The van der Waals surface area contributed by atoms with Crippen LogP contribution in [0.5, 0.6) is 0 Å². The first-order valence-electron chi connectivity index (χ1n) is 12.6. The molecule has 0 saturated heterocycles. The molecule has 4 N–H and O–H groups in total. The fourth-order valence-electron chi connectivity index (χ4n) is 3.58. The zero-order valence-electron chi connectivity index (χ0n) is 21.5. The van der Waals surface area contributed by atoms with E-state index in [1.807, 2.05) is 27.7 Å². The summed E-state index contributed by atoms with van der Waals surface area (Å²) in [5.74, 6) is -1.65. The van der Waals surface area contributed by atoms with Crippen LogP contribution in [0.4, 0.5) is 11.5 Å². The summed E-state index contributed by atoms with van der Waals surface area (Å²) < 4.78 is 6.25. The van der Waals surface area contributed by atoms with Crippen LogP contribution in [0.3, 0.4) is 0 Å². The Bertz CT molecular complexity index is 951. The van der Waals surface area contributed by atoms with E-state index in [1.165, 1.54) is 9.47 Å². The molecule has 0 aromatic carbocycles. The molecule has 1 aromatic rings. The van der Waals surface area contributed by atoms with E-state index in [9.17, 15) is 24.0 Å². The van der Waals surface area contributed by atoms with Crippen molar-refractivity contribution in [2.24, 2.45) is 0 Å². The van der Waals surface area contributed by atoms with Gasteiger partial charge in [-0.05, 0) is 25.7 Å². The van der Waals surface area contributed by atoms with Gasteiger partial charge in [-0.3, -0.25) is 28.7 Å². The number of carbonyl (C=O) groups is 3. The zero-order valence-corrected chi connectivity index (χ0v) is 21.5. The topological polar surface area (TPSA) is 157 Å². The molecule has 0 unspecified atom stereocenters. The van der Waals surface area contributed by atoms with Gasteiger partial charge in [0, 0.05) is 25.6 Å². The van der Waals surface area contributed by atoms with Crippen LogP contribution in [-0.4, -0.2) is 46.5 Å². The van der Waals surface area contributed by atoms with Gasteiger partial charge in [-0.25, -0.2) is 4.79 Å². The third-order valence-corrected chi connectivity index (χ3v) is 5.76. The molecule has 11 nitrogen and oxygen atoms in total. The number of nitrogens with two attached hydrogens (primary N) is 1. The Morgan fingerprint density at radius 3 is 2.29 bits per heavy atom. The van der Waals surface area contributed by atoms with Crippen LogP contribution in [0.15, 0.2) is 9.59 Å². The Labute approximate surface area is 206 Å². The predicted molar refractivity (Wildman–Crippen MR) is 135 cm³/mol. The number of aromatic amines is 1. The second-order valence-electron chi connectivity index (χ2n) is 8.49. The van der Waals surface area contributed by atoms with Gasteiger partial charge >= 0.3 is 11.7 Å². The summed E-state index contributed by atoms with van der Waals surface area (Å²) >= 11 is 0. The molecule has 0 aliphatic heterocycles. The first-order chi connectivity index (χ1) is 16.7. The normalized spacial score (nSPS) is 10.9. The van der Waals surface area contributed by atoms with Crippen LogP contribution >= 0.6 is 0 Å². The molecule has 1 heterocycles. The average molecular weight is 496 g/mol. The fourth-order valence-corrected chi connectivity index (χ4v) is 3.58. The zero-order chi connectivity index (χ0) is 26.4. The minimum Gasteiger partial charge on any atom is -0.456 e. The fraction of sp³-hybridized carbons (Fsp3) is 0.708. The Balaban J connectivity index is 2.94. The van der Waals surface area contributed by atoms with E-state index < -0.39 is 35.6 Å². The predicted octanol–water partition coefficient (Wildman–Crippen LogP) is 2.07. The van der Waals surface area contributed by atoms with Crippen molar-refractivity contribution in [2.75, 3.05) is 23.8 Å². The first-order valence-corrected chi connectivity index (χ1v) is 12.6. The van der Waals surface area contributed by atoms with E-state index in [-0.39, 0.29) is 36.9 Å². The van der Waals surface area contributed by atoms with Gasteiger partial charge < -0.3 is 20.7 Å². The summed E-state index contributed by atoms with van der Waals surface area (Å²) in [5, 5.41) is 2.77. The van der Waals surface area contributed by atoms with Crippen molar-refractivity contribution < 1.29 is 19.1 Å². The molecule has 1 aromatic heterocycles. The molecule has 198 valence electrons. The highest BCUT2D eigenvalue weighted by Gasteiger charge is 2.24. The lowest BCUT2D eigenvalue weighted by Gasteiger charge is -2.24. The number of hydrogen-bond acceptors (Lipinski definition) is 7. The highest BCUT2D eigenvalue weighted by molar-refractivity contribution is 5.97. The number of nitrogen functional groups attached to an aromatic ring is 1. The highest BCUT2D eigenvalue weighted by Crippen LogP contribution is 2.19. The van der Waals surface area contributed by atoms with Crippen molar-refractivity contribution in [1.29, 1.82) is 0 Å². The average Bonchev–Trinajstić information content (AvgIpc) is 2.83. The van der Waals surface area contributed by atoms with Crippen molar-refractivity contribution >= 4 is 29.3 Å². The minimum absolute atomic E-state index is 0.0172. The number of nitrogens with one attached hydrogen (secondary N) is 2. The summed E-state index contributed by atoms with van der Waals surface area (Å²) in [4.78, 5) is 65.5. The maximum atomic E-state index is 13.1. The number of H-pyrrole nitrogens is 1. The van der Waals surface area contributed by atoms with Gasteiger partial charge in [-0.2, -0.15) is 0 Å². The van der Waals surface area contributed by atoms with Crippen molar-refractivity contribution in [3.63, 3.8) is 0 Å². The molecular weight excluding hydrogens is 454 g/mol. The smallest absolute Gasteiger partial charge is 0.330 e. The number of aromatic nitrogens is 2. The number of rotatable bonds is 16. The summed E-state index contributed by atoms with van der Waals surface area (Å²) in [5.41, 5.74) is 4.73. The van der Waals surface area contributed by atoms with Gasteiger partial charge in [-0.15, -0.1) is 0 Å². The van der Waals surface area contributed by atoms with Crippen LogP contribution in [0, 0.1) is 0 Å². The molecule has 0 atom stereocenters. The molecule has 0 fully saturated rings. The number of anilines is 2. The van der Waals surface area contributed by atoms with Crippen LogP contribution in [-0.2, 0) is 25.7 Å². The van der Waals surface area contributed by atoms with Gasteiger partial charge in [0.1, 0.15) is 5.82 Å². The molecule has 0 bridgehead atoms. The van der Waals surface area contributed by atoms with Gasteiger partial charge in [-0.1, -0.05) is 47.0 Å². The van der Waals surface area contributed by atoms with E-state index in [1.54, 1.807) is 0 Å². The number of unbranched alkanes of at least 4 members (excludes halogenated alkanes) is 3. The van der Waals surface area contributed by atoms with Crippen LogP contribution in [0.25, 0.3) is 0 Å². The highest BCUT2D eigenvalue weighted by atomic mass is 16.5. The van der Waals surface area contributed by atoms with Gasteiger partial charge in [0.2, 0.25) is 5.91 Å². The van der Waals surface area contributed by atoms with Crippen LogP contribution < -0.4 is 27.2 Å². The molecule has 0 radical (unpaired) electrons. The minimum atomic E-state index is -0.745. The SMILES string of the molecule is CCCCCN(C(=O)CCC(=O)OCC(=O)NC(CC)CC)c1c(N)n(CCCC)c(=O)[nH]c1=O. The first kappa shape index (κ1) is 29.9. The molecule has 1 rings (SSSR count). The molecule has 11 heteroatoms. The molecule has 0 aliphatic carbocycles. The summed E-state index contributed by atoms with van der Waals surface area (Å²) in [6, 6.07) is 0.0172. The van der Waals surface area contributed by atoms with Crippen molar-refractivity contribution in [2.45, 2.75) is 98.1 Å². The van der Waals surface area contributed by atoms with Crippen LogP contribution in [0.2, 0.25) is 0 Å². The Hall–Kier alpha value is -3.11. The second kappa shape index (κ2) is 15.7. The van der Waals surface area contributed by atoms with E-state index in [0.29, 0.717) is 19.4 Å². The largest absolute Gasteiger partial charge is 0.456 e. The van der Waals surface area contributed by atoms with E-state index in [2.05, 4.69) is 10.3 Å². The van der Waals surface area contributed by atoms with Gasteiger partial charge in [0.25, 0.3) is 11.5 Å². The van der Waals surface area contributed by atoms with Gasteiger partial charge in [0.15, 0.2) is 12.3 Å². The van der Waals surface area contributed by atoms with Gasteiger partial charge in [0.05, 0.1) is 6.42 Å². The second-order valence-corrected chi connectivity index (χ2v) is 8.49. The molecule has 0 spiro atoms. The Morgan fingerprint density at radius 2 is 1.69 bits per heavy atom. The molecule has 2 amide bonds. The number of carbonyl (C=O) groups excluding carboxylic acids is 3. The summed E-state index contributed by atoms with van der Waals surface area (Å²) in [6.07, 6.45) is 4.89. The van der Waals surface area contributed by atoms with Crippen LogP contribution in [0.1, 0.15) is 85.5 Å². The van der Waals surface area contributed by atoms with E-state index in [4.69, 9.17) is 10.5 Å². The third kappa shape index (κ3) is 9.58. The summed E-state index contributed by atoms with van der Waals surface area (Å²) in [7, 11) is 0. The molecule has 35 heavy (non-hydrogen) atoms. The van der Waals surface area contributed by atoms with E-state index >= 15 is 0 Å². The Kier molecular flexibility index (Phi) is 13.4. The molecule has 0 saturated carbocycles. The lowest BCUT2D eigenvalue weighted by molar-refractivity contribution is -0.149. The molecular formula is C24H41N5O6. The maximum absolute atomic E-state index is 13.1. The van der Waals surface area contributed by atoms with Crippen molar-refractivity contribution in [1.82, 2.24) is 14.9 Å². The number of hydrogen-bond donors (Lipinski definition) is 3.